The van der Waals surface area contributed by atoms with Crippen molar-refractivity contribution in [3.63, 3.8) is 0 Å². The molecule has 0 spiro atoms. The van der Waals surface area contributed by atoms with Crippen molar-refractivity contribution in [2.45, 2.75) is 35.5 Å². The molecule has 1 aliphatic rings. The van der Waals surface area contributed by atoms with Crippen LogP contribution in [0, 0.1) is 0 Å². The second kappa shape index (κ2) is 10.3. The van der Waals surface area contributed by atoms with E-state index in [4.69, 9.17) is 5.11 Å². The lowest BCUT2D eigenvalue weighted by atomic mass is 10.2. The molecular formula is C22H21NO4S2. The van der Waals surface area contributed by atoms with E-state index in [0.717, 1.165) is 9.79 Å². The molecule has 29 heavy (non-hydrogen) atoms. The van der Waals surface area contributed by atoms with Crippen LogP contribution in [0.3, 0.4) is 0 Å². The molecule has 0 atom stereocenters. The van der Waals surface area contributed by atoms with E-state index in [9.17, 15) is 14.4 Å². The van der Waals surface area contributed by atoms with Crippen LogP contribution in [0.2, 0.25) is 0 Å². The van der Waals surface area contributed by atoms with Gasteiger partial charge in [-0.15, -0.1) is 0 Å². The van der Waals surface area contributed by atoms with Crippen LogP contribution < -0.4 is 0 Å². The SMILES string of the molecule is O=C(O)CCCCCN1C(=O)C(Sc2ccccc2)=C(Sc2ccccc2)C1=O. The Morgan fingerprint density at radius 1 is 0.759 bits per heavy atom. The minimum atomic E-state index is -0.830. The summed E-state index contributed by atoms with van der Waals surface area (Å²) in [5.74, 6) is -1.39. The number of nitrogens with zero attached hydrogens (tertiary/aromatic N) is 1. The molecule has 2 aromatic carbocycles. The zero-order chi connectivity index (χ0) is 20.6. The van der Waals surface area contributed by atoms with Gasteiger partial charge in [-0.1, -0.05) is 66.3 Å². The number of hydrogen-bond acceptors (Lipinski definition) is 5. The predicted molar refractivity (Wildman–Crippen MR) is 114 cm³/mol. The van der Waals surface area contributed by atoms with Crippen LogP contribution in [0.25, 0.3) is 0 Å². The summed E-state index contributed by atoms with van der Waals surface area (Å²) in [6, 6.07) is 19.0. The average molecular weight is 428 g/mol. The van der Waals surface area contributed by atoms with Gasteiger partial charge in [-0.05, 0) is 37.1 Å². The van der Waals surface area contributed by atoms with E-state index in [-0.39, 0.29) is 18.2 Å². The van der Waals surface area contributed by atoms with Crippen LogP contribution in [0.15, 0.2) is 80.3 Å². The minimum Gasteiger partial charge on any atom is -0.481 e. The van der Waals surface area contributed by atoms with Gasteiger partial charge in [0.25, 0.3) is 11.8 Å². The number of carbonyl (C=O) groups is 3. The number of benzene rings is 2. The van der Waals surface area contributed by atoms with Crippen molar-refractivity contribution >= 4 is 41.3 Å². The van der Waals surface area contributed by atoms with E-state index in [1.54, 1.807) is 0 Å². The van der Waals surface area contributed by atoms with E-state index < -0.39 is 5.97 Å². The fourth-order valence-electron chi connectivity index (χ4n) is 2.85. The standard InChI is InChI=1S/C22H21NO4S2/c24-18(25)14-8-3-9-15-23-21(26)19(28-16-10-4-1-5-11-16)20(22(23)27)29-17-12-6-2-7-13-17/h1-2,4-7,10-13H,3,8-9,14-15H2,(H,24,25). The lowest BCUT2D eigenvalue weighted by Crippen LogP contribution is -2.32. The number of carboxylic acid groups (broad SMARTS) is 1. The van der Waals surface area contributed by atoms with Crippen molar-refractivity contribution in [2.75, 3.05) is 6.54 Å². The first kappa shape index (κ1) is 21.2. The maximum atomic E-state index is 13.0. The lowest BCUT2D eigenvalue weighted by molar-refractivity contribution is -0.138. The van der Waals surface area contributed by atoms with Gasteiger partial charge >= 0.3 is 5.97 Å². The molecule has 2 aromatic rings. The van der Waals surface area contributed by atoms with Gasteiger partial charge in [0.1, 0.15) is 0 Å². The lowest BCUT2D eigenvalue weighted by Gasteiger charge is -2.14. The first-order valence-corrected chi connectivity index (χ1v) is 11.0. The second-order valence-corrected chi connectivity index (χ2v) is 8.62. The maximum Gasteiger partial charge on any atom is 0.303 e. The van der Waals surface area contributed by atoms with Crippen molar-refractivity contribution in [1.82, 2.24) is 4.90 Å². The van der Waals surface area contributed by atoms with Crippen molar-refractivity contribution < 1.29 is 19.5 Å². The maximum absolute atomic E-state index is 13.0. The Bertz CT molecular complexity index is 849. The molecule has 1 N–H and O–H groups in total. The number of imide groups is 1. The minimum absolute atomic E-state index is 0.102. The van der Waals surface area contributed by atoms with Crippen LogP contribution in [0.5, 0.6) is 0 Å². The summed E-state index contributed by atoms with van der Waals surface area (Å²) in [5, 5.41) is 8.73. The summed E-state index contributed by atoms with van der Waals surface area (Å²) in [7, 11) is 0. The summed E-state index contributed by atoms with van der Waals surface area (Å²) in [5.41, 5.74) is 0. The zero-order valence-electron chi connectivity index (χ0n) is 15.7. The van der Waals surface area contributed by atoms with E-state index in [2.05, 4.69) is 0 Å². The van der Waals surface area contributed by atoms with Crippen molar-refractivity contribution in [3.05, 3.63) is 70.5 Å². The highest BCUT2D eigenvalue weighted by Gasteiger charge is 2.39. The van der Waals surface area contributed by atoms with Crippen LogP contribution in [0.1, 0.15) is 25.7 Å². The number of unbranched alkanes of at least 4 members (excludes halogenated alkanes) is 2. The summed E-state index contributed by atoms with van der Waals surface area (Å²) in [4.78, 5) is 40.6. The molecule has 3 rings (SSSR count). The van der Waals surface area contributed by atoms with Crippen molar-refractivity contribution in [2.24, 2.45) is 0 Å². The molecule has 0 unspecified atom stereocenters. The van der Waals surface area contributed by atoms with Crippen LogP contribution >= 0.6 is 23.5 Å². The van der Waals surface area contributed by atoms with Gasteiger partial charge in [0.05, 0.1) is 9.81 Å². The fraction of sp³-hybridized carbons (Fsp3) is 0.227. The number of thioether (sulfide) groups is 2. The number of carbonyl (C=O) groups excluding carboxylic acids is 2. The molecule has 2 amide bonds. The summed E-state index contributed by atoms with van der Waals surface area (Å²) < 4.78 is 0. The second-order valence-electron chi connectivity index (χ2n) is 6.45. The third-order valence-electron chi connectivity index (χ3n) is 4.28. The molecule has 1 aliphatic heterocycles. The molecule has 0 bridgehead atoms. The highest BCUT2D eigenvalue weighted by Crippen LogP contribution is 2.42. The van der Waals surface area contributed by atoms with E-state index in [0.29, 0.717) is 35.6 Å². The summed E-state index contributed by atoms with van der Waals surface area (Å²) in [6.07, 6.45) is 1.89. The molecule has 5 nitrogen and oxygen atoms in total. The predicted octanol–water partition coefficient (Wildman–Crippen LogP) is 4.80. The fourth-order valence-corrected chi connectivity index (χ4v) is 4.91. The highest BCUT2D eigenvalue weighted by atomic mass is 32.2. The quantitative estimate of drug-likeness (QED) is 0.434. The molecule has 0 radical (unpaired) electrons. The van der Waals surface area contributed by atoms with E-state index in [1.807, 2.05) is 60.7 Å². The molecule has 1 heterocycles. The van der Waals surface area contributed by atoms with Gasteiger partial charge in [0, 0.05) is 22.8 Å². The number of rotatable bonds is 10. The van der Waals surface area contributed by atoms with Gasteiger partial charge < -0.3 is 5.11 Å². The molecule has 0 saturated heterocycles. The molecule has 0 aromatic heterocycles. The number of aliphatic carboxylic acids is 1. The third-order valence-corrected chi connectivity index (χ3v) is 6.59. The van der Waals surface area contributed by atoms with Gasteiger partial charge in [-0.2, -0.15) is 0 Å². The topological polar surface area (TPSA) is 74.7 Å². The monoisotopic (exact) mass is 427 g/mol. The Hall–Kier alpha value is -2.51. The molecule has 7 heteroatoms. The highest BCUT2D eigenvalue weighted by molar-refractivity contribution is 8.08. The average Bonchev–Trinajstić information content (AvgIpc) is 2.93. The van der Waals surface area contributed by atoms with E-state index in [1.165, 1.54) is 28.4 Å². The Morgan fingerprint density at radius 3 is 1.69 bits per heavy atom. The largest absolute Gasteiger partial charge is 0.481 e. The first-order chi connectivity index (χ1) is 14.1. The smallest absolute Gasteiger partial charge is 0.303 e. The summed E-state index contributed by atoms with van der Waals surface area (Å²) in [6.45, 7) is 0.301. The van der Waals surface area contributed by atoms with Gasteiger partial charge in [0.15, 0.2) is 0 Å². The molecule has 0 fully saturated rings. The molecular weight excluding hydrogens is 406 g/mol. The van der Waals surface area contributed by atoms with Crippen molar-refractivity contribution in [1.29, 1.82) is 0 Å². The molecule has 0 aliphatic carbocycles. The van der Waals surface area contributed by atoms with Gasteiger partial charge in [-0.3, -0.25) is 19.3 Å². The Kier molecular flexibility index (Phi) is 7.55. The number of hydrogen-bond donors (Lipinski definition) is 1. The Balaban J connectivity index is 1.75. The van der Waals surface area contributed by atoms with Crippen LogP contribution in [-0.2, 0) is 14.4 Å². The Labute approximate surface area is 178 Å². The molecule has 150 valence electrons. The Morgan fingerprint density at radius 2 is 1.24 bits per heavy atom. The van der Waals surface area contributed by atoms with Gasteiger partial charge in [0.2, 0.25) is 0 Å². The van der Waals surface area contributed by atoms with Crippen molar-refractivity contribution in [3.8, 4) is 0 Å². The molecule has 0 saturated carbocycles. The third kappa shape index (κ3) is 5.74. The summed E-state index contributed by atoms with van der Waals surface area (Å²) >= 11 is 2.62. The number of carboxylic acids is 1. The van der Waals surface area contributed by atoms with Crippen LogP contribution in [0.4, 0.5) is 0 Å². The van der Waals surface area contributed by atoms with E-state index >= 15 is 0 Å². The van der Waals surface area contributed by atoms with Crippen LogP contribution in [-0.4, -0.2) is 34.3 Å². The van der Waals surface area contributed by atoms with Gasteiger partial charge in [-0.25, -0.2) is 0 Å². The number of amides is 2. The normalized spacial score (nSPS) is 14.0. The first-order valence-electron chi connectivity index (χ1n) is 9.34. The zero-order valence-corrected chi connectivity index (χ0v) is 17.4.